The van der Waals surface area contributed by atoms with Crippen LogP contribution in [-0.4, -0.2) is 19.6 Å². The van der Waals surface area contributed by atoms with Crippen molar-refractivity contribution in [3.05, 3.63) is 42.0 Å². The van der Waals surface area contributed by atoms with Crippen LogP contribution < -0.4 is 10.1 Å². The number of amides is 1. The maximum Gasteiger partial charge on any atom is 0.243 e. The second-order valence-corrected chi connectivity index (χ2v) is 3.39. The molecule has 86 valence electrons. The molecule has 1 N–H and O–H groups in total. The van der Waals surface area contributed by atoms with Gasteiger partial charge in [0.25, 0.3) is 0 Å². The first-order chi connectivity index (χ1) is 7.76. The number of benzene rings is 1. The molecule has 0 spiro atoms. The Labute approximate surface area is 96.1 Å². The molecule has 1 aromatic rings. The molecule has 3 heteroatoms. The largest absolute Gasteiger partial charge is 0.497 e. The minimum atomic E-state index is -0.0454. The highest BCUT2D eigenvalue weighted by atomic mass is 16.5. The number of ether oxygens (including phenoxy) is 1. The highest BCUT2D eigenvalue weighted by Gasteiger charge is 1.96. The zero-order valence-electron chi connectivity index (χ0n) is 9.69. The van der Waals surface area contributed by atoms with E-state index in [1.165, 1.54) is 11.6 Å². The van der Waals surface area contributed by atoms with Crippen molar-refractivity contribution in [2.24, 2.45) is 0 Å². The number of allylic oxidation sites excluding steroid dienone is 1. The van der Waals surface area contributed by atoms with Gasteiger partial charge in [-0.15, -0.1) is 0 Å². The number of carbonyl (C=O) groups excluding carboxylic acids is 1. The SMILES string of the molecule is C/C=C/C(=O)NCCc1ccc(OC)cc1. The van der Waals surface area contributed by atoms with E-state index in [0.29, 0.717) is 6.54 Å². The van der Waals surface area contributed by atoms with Crippen LogP contribution in [0.3, 0.4) is 0 Å². The van der Waals surface area contributed by atoms with Gasteiger partial charge in [0.05, 0.1) is 7.11 Å². The minimum absolute atomic E-state index is 0.0454. The quantitative estimate of drug-likeness (QED) is 0.768. The molecule has 0 aliphatic rings. The fourth-order valence-corrected chi connectivity index (χ4v) is 1.33. The van der Waals surface area contributed by atoms with Crippen LogP contribution in [-0.2, 0) is 11.2 Å². The van der Waals surface area contributed by atoms with Gasteiger partial charge in [0.1, 0.15) is 5.75 Å². The van der Waals surface area contributed by atoms with E-state index in [-0.39, 0.29) is 5.91 Å². The van der Waals surface area contributed by atoms with Gasteiger partial charge in [-0.25, -0.2) is 0 Å². The average molecular weight is 219 g/mol. The van der Waals surface area contributed by atoms with Gasteiger partial charge in [-0.1, -0.05) is 18.2 Å². The predicted octanol–water partition coefficient (Wildman–Crippen LogP) is 1.93. The van der Waals surface area contributed by atoms with Crippen LogP contribution in [0.15, 0.2) is 36.4 Å². The van der Waals surface area contributed by atoms with Crippen LogP contribution in [0, 0.1) is 0 Å². The topological polar surface area (TPSA) is 38.3 Å². The zero-order chi connectivity index (χ0) is 11.8. The van der Waals surface area contributed by atoms with Crippen LogP contribution in [0.4, 0.5) is 0 Å². The van der Waals surface area contributed by atoms with Gasteiger partial charge in [-0.3, -0.25) is 4.79 Å². The zero-order valence-corrected chi connectivity index (χ0v) is 9.69. The van der Waals surface area contributed by atoms with Crippen LogP contribution in [0.5, 0.6) is 5.75 Å². The number of hydrogen-bond acceptors (Lipinski definition) is 2. The summed E-state index contributed by atoms with van der Waals surface area (Å²) in [7, 11) is 1.65. The van der Waals surface area contributed by atoms with E-state index in [9.17, 15) is 4.79 Å². The van der Waals surface area contributed by atoms with Crippen molar-refractivity contribution in [1.82, 2.24) is 5.32 Å². The van der Waals surface area contributed by atoms with E-state index in [2.05, 4.69) is 5.32 Å². The van der Waals surface area contributed by atoms with Gasteiger partial charge >= 0.3 is 0 Å². The first-order valence-corrected chi connectivity index (χ1v) is 5.29. The smallest absolute Gasteiger partial charge is 0.243 e. The van der Waals surface area contributed by atoms with Crippen molar-refractivity contribution >= 4 is 5.91 Å². The third-order valence-electron chi connectivity index (χ3n) is 2.19. The van der Waals surface area contributed by atoms with E-state index in [4.69, 9.17) is 4.74 Å². The molecule has 0 radical (unpaired) electrons. The Bertz CT molecular complexity index is 355. The second-order valence-electron chi connectivity index (χ2n) is 3.39. The Morgan fingerprint density at radius 2 is 2.06 bits per heavy atom. The summed E-state index contributed by atoms with van der Waals surface area (Å²) in [6.07, 6.45) is 4.07. The second kappa shape index (κ2) is 6.67. The van der Waals surface area contributed by atoms with Gasteiger partial charge < -0.3 is 10.1 Å². The number of nitrogens with one attached hydrogen (secondary N) is 1. The lowest BCUT2D eigenvalue weighted by Gasteiger charge is -2.04. The average Bonchev–Trinajstić information content (AvgIpc) is 2.30. The molecule has 0 aromatic heterocycles. The number of methoxy groups -OCH3 is 1. The molecule has 0 heterocycles. The lowest BCUT2D eigenvalue weighted by Crippen LogP contribution is -2.23. The molecule has 0 bridgehead atoms. The van der Waals surface area contributed by atoms with Crippen LogP contribution in [0.1, 0.15) is 12.5 Å². The molecule has 1 amide bonds. The first-order valence-electron chi connectivity index (χ1n) is 5.29. The van der Waals surface area contributed by atoms with Gasteiger partial charge in [0.2, 0.25) is 5.91 Å². The minimum Gasteiger partial charge on any atom is -0.497 e. The summed E-state index contributed by atoms with van der Waals surface area (Å²) >= 11 is 0. The number of carbonyl (C=O) groups is 1. The Morgan fingerprint density at radius 3 is 2.62 bits per heavy atom. The van der Waals surface area contributed by atoms with Gasteiger partial charge in [0, 0.05) is 6.54 Å². The molecule has 1 rings (SSSR count). The van der Waals surface area contributed by atoms with Crippen LogP contribution in [0.25, 0.3) is 0 Å². The third kappa shape index (κ3) is 4.17. The molecule has 0 unspecified atom stereocenters. The molecule has 0 saturated carbocycles. The van der Waals surface area contributed by atoms with Crippen LogP contribution in [0.2, 0.25) is 0 Å². The normalized spacial score (nSPS) is 10.4. The molecule has 0 aliphatic carbocycles. The Hall–Kier alpha value is -1.77. The van der Waals surface area contributed by atoms with E-state index in [1.807, 2.05) is 31.2 Å². The fraction of sp³-hybridized carbons (Fsp3) is 0.308. The lowest BCUT2D eigenvalue weighted by molar-refractivity contribution is -0.116. The molecular weight excluding hydrogens is 202 g/mol. The van der Waals surface area contributed by atoms with E-state index in [0.717, 1.165) is 12.2 Å². The number of rotatable bonds is 5. The molecule has 0 aliphatic heterocycles. The van der Waals surface area contributed by atoms with Crippen molar-refractivity contribution < 1.29 is 9.53 Å². The molecule has 0 saturated heterocycles. The molecule has 0 atom stereocenters. The predicted molar refractivity (Wildman–Crippen MR) is 64.5 cm³/mol. The number of hydrogen-bond donors (Lipinski definition) is 1. The van der Waals surface area contributed by atoms with Gasteiger partial charge in [0.15, 0.2) is 0 Å². The molecule has 3 nitrogen and oxygen atoms in total. The molecule has 1 aromatic carbocycles. The highest BCUT2D eigenvalue weighted by Crippen LogP contribution is 2.11. The summed E-state index contributed by atoms with van der Waals surface area (Å²) in [5.74, 6) is 0.803. The van der Waals surface area contributed by atoms with Crippen molar-refractivity contribution in [1.29, 1.82) is 0 Å². The van der Waals surface area contributed by atoms with Crippen molar-refractivity contribution in [3.63, 3.8) is 0 Å². The molecule has 16 heavy (non-hydrogen) atoms. The standard InChI is InChI=1S/C13H17NO2/c1-3-4-13(15)14-10-9-11-5-7-12(16-2)8-6-11/h3-8H,9-10H2,1-2H3,(H,14,15)/b4-3+. The van der Waals surface area contributed by atoms with E-state index in [1.54, 1.807) is 13.2 Å². The summed E-state index contributed by atoms with van der Waals surface area (Å²) in [6.45, 7) is 2.47. The first kappa shape index (κ1) is 12.3. The summed E-state index contributed by atoms with van der Waals surface area (Å²) in [5, 5.41) is 2.80. The Balaban J connectivity index is 2.34. The lowest BCUT2D eigenvalue weighted by atomic mass is 10.1. The van der Waals surface area contributed by atoms with E-state index < -0.39 is 0 Å². The van der Waals surface area contributed by atoms with Crippen LogP contribution >= 0.6 is 0 Å². The maximum atomic E-state index is 11.1. The Morgan fingerprint density at radius 1 is 1.38 bits per heavy atom. The van der Waals surface area contributed by atoms with Crippen molar-refractivity contribution in [2.45, 2.75) is 13.3 Å². The molecule has 0 fully saturated rings. The van der Waals surface area contributed by atoms with Gasteiger partial charge in [-0.05, 0) is 37.1 Å². The fourth-order valence-electron chi connectivity index (χ4n) is 1.33. The summed E-state index contributed by atoms with van der Waals surface area (Å²) in [6, 6.07) is 7.84. The summed E-state index contributed by atoms with van der Waals surface area (Å²) in [5.41, 5.74) is 1.18. The van der Waals surface area contributed by atoms with Crippen molar-refractivity contribution in [3.8, 4) is 5.75 Å². The Kier molecular flexibility index (Phi) is 5.12. The maximum absolute atomic E-state index is 11.1. The highest BCUT2D eigenvalue weighted by molar-refractivity contribution is 5.87. The van der Waals surface area contributed by atoms with E-state index >= 15 is 0 Å². The summed E-state index contributed by atoms with van der Waals surface area (Å²) in [4.78, 5) is 11.1. The van der Waals surface area contributed by atoms with Gasteiger partial charge in [-0.2, -0.15) is 0 Å². The van der Waals surface area contributed by atoms with Crippen molar-refractivity contribution in [2.75, 3.05) is 13.7 Å². The summed E-state index contributed by atoms with van der Waals surface area (Å²) < 4.78 is 5.06. The monoisotopic (exact) mass is 219 g/mol. The third-order valence-corrected chi connectivity index (χ3v) is 2.19. The molecular formula is C13H17NO2.